The Morgan fingerprint density at radius 1 is 1.43 bits per heavy atom. The topological polar surface area (TPSA) is 63.0 Å². The van der Waals surface area contributed by atoms with Crippen molar-refractivity contribution in [2.75, 3.05) is 6.54 Å². The maximum Gasteiger partial charge on any atom is 0.137 e. The lowest BCUT2D eigenvalue weighted by molar-refractivity contribution is -0.0202. The van der Waals surface area contributed by atoms with Gasteiger partial charge < -0.3 is 10.4 Å². The number of nitrogens with zero attached hydrogens (tertiary/aromatic N) is 3. The first-order valence-electron chi connectivity index (χ1n) is 7.73. The molecule has 3 rings (SSSR count). The van der Waals surface area contributed by atoms with E-state index in [9.17, 15) is 13.9 Å². The Morgan fingerprint density at radius 2 is 2.22 bits per heavy atom. The van der Waals surface area contributed by atoms with Gasteiger partial charge in [0.05, 0.1) is 6.54 Å². The Bertz CT molecular complexity index is 660. The SMILES string of the molecule is CC(NCC1CC1)C(O)(Cn1cncn1)c1ccc(F)cc1F. The van der Waals surface area contributed by atoms with Gasteiger partial charge in [0.2, 0.25) is 0 Å². The van der Waals surface area contributed by atoms with Crippen molar-refractivity contribution in [3.63, 3.8) is 0 Å². The van der Waals surface area contributed by atoms with E-state index < -0.39 is 23.3 Å². The summed E-state index contributed by atoms with van der Waals surface area (Å²) in [6, 6.07) is 2.79. The van der Waals surface area contributed by atoms with Crippen molar-refractivity contribution >= 4 is 0 Å². The van der Waals surface area contributed by atoms with Crippen LogP contribution >= 0.6 is 0 Å². The molecule has 2 atom stereocenters. The molecule has 7 heteroatoms. The van der Waals surface area contributed by atoms with Crippen molar-refractivity contribution in [3.8, 4) is 0 Å². The van der Waals surface area contributed by atoms with Crippen LogP contribution in [0.5, 0.6) is 0 Å². The van der Waals surface area contributed by atoms with E-state index in [0.29, 0.717) is 5.92 Å². The van der Waals surface area contributed by atoms with E-state index in [0.717, 1.165) is 18.7 Å². The number of aromatic nitrogens is 3. The summed E-state index contributed by atoms with van der Waals surface area (Å²) in [6.07, 6.45) is 5.15. The Labute approximate surface area is 133 Å². The summed E-state index contributed by atoms with van der Waals surface area (Å²) in [5, 5.41) is 18.5. The minimum Gasteiger partial charge on any atom is -0.381 e. The zero-order chi connectivity index (χ0) is 16.4. The highest BCUT2D eigenvalue weighted by Gasteiger charge is 2.39. The molecule has 2 aromatic rings. The van der Waals surface area contributed by atoms with Gasteiger partial charge in [-0.05, 0) is 38.3 Å². The molecule has 2 N–H and O–H groups in total. The normalized spacial score (nSPS) is 18.6. The molecule has 23 heavy (non-hydrogen) atoms. The average Bonchev–Trinajstić information content (AvgIpc) is 3.20. The van der Waals surface area contributed by atoms with Crippen LogP contribution in [0.2, 0.25) is 0 Å². The van der Waals surface area contributed by atoms with Crippen LogP contribution in [-0.2, 0) is 12.1 Å². The van der Waals surface area contributed by atoms with E-state index in [1.54, 1.807) is 6.92 Å². The van der Waals surface area contributed by atoms with E-state index in [2.05, 4.69) is 15.4 Å². The highest BCUT2D eigenvalue weighted by Crippen LogP contribution is 2.32. The molecule has 1 saturated carbocycles. The maximum absolute atomic E-state index is 14.3. The lowest BCUT2D eigenvalue weighted by atomic mass is 9.86. The standard InChI is InChI=1S/C16H20F2N4O/c1-11(20-7-12-2-3-12)16(23,8-22-10-19-9-21-22)14-5-4-13(17)6-15(14)18/h4-6,9-12,20,23H,2-3,7-8H2,1H3. The number of halogens is 2. The van der Waals surface area contributed by atoms with Crippen molar-refractivity contribution in [3.05, 3.63) is 48.1 Å². The predicted octanol–water partition coefficient (Wildman–Crippen LogP) is 1.83. The third-order valence-corrected chi connectivity index (χ3v) is 4.39. The molecule has 0 radical (unpaired) electrons. The van der Waals surface area contributed by atoms with Gasteiger partial charge in [-0.15, -0.1) is 0 Å². The van der Waals surface area contributed by atoms with Gasteiger partial charge in [0.1, 0.15) is 29.9 Å². The zero-order valence-corrected chi connectivity index (χ0v) is 12.9. The molecule has 1 aliphatic carbocycles. The van der Waals surface area contributed by atoms with E-state index in [1.807, 2.05) is 0 Å². The minimum atomic E-state index is -1.57. The van der Waals surface area contributed by atoms with Crippen molar-refractivity contribution in [1.29, 1.82) is 0 Å². The highest BCUT2D eigenvalue weighted by molar-refractivity contribution is 5.27. The Balaban J connectivity index is 1.90. The second-order valence-electron chi connectivity index (χ2n) is 6.21. The fourth-order valence-corrected chi connectivity index (χ4v) is 2.69. The van der Waals surface area contributed by atoms with E-state index in [4.69, 9.17) is 0 Å². The van der Waals surface area contributed by atoms with Gasteiger partial charge in [-0.2, -0.15) is 5.10 Å². The van der Waals surface area contributed by atoms with Gasteiger partial charge in [-0.3, -0.25) is 0 Å². The molecule has 1 heterocycles. The minimum absolute atomic E-state index is 0.0222. The highest BCUT2D eigenvalue weighted by atomic mass is 19.1. The Morgan fingerprint density at radius 3 is 2.83 bits per heavy atom. The van der Waals surface area contributed by atoms with Crippen LogP contribution in [0.1, 0.15) is 25.3 Å². The number of hydrogen-bond acceptors (Lipinski definition) is 4. The molecule has 1 aliphatic rings. The second kappa shape index (κ2) is 6.33. The lowest BCUT2D eigenvalue weighted by Crippen LogP contribution is -2.50. The Hall–Kier alpha value is -1.86. The van der Waals surface area contributed by atoms with Crippen molar-refractivity contribution in [1.82, 2.24) is 20.1 Å². The summed E-state index contributed by atoms with van der Waals surface area (Å²) in [7, 11) is 0. The number of aliphatic hydroxyl groups is 1. The lowest BCUT2D eigenvalue weighted by Gasteiger charge is -2.35. The molecule has 0 saturated heterocycles. The smallest absolute Gasteiger partial charge is 0.137 e. The summed E-state index contributed by atoms with van der Waals surface area (Å²) < 4.78 is 28.9. The van der Waals surface area contributed by atoms with Crippen LogP contribution in [0.25, 0.3) is 0 Å². The summed E-state index contributed by atoms with van der Waals surface area (Å²) in [4.78, 5) is 3.85. The molecule has 124 valence electrons. The van der Waals surface area contributed by atoms with Crippen LogP contribution in [-0.4, -0.2) is 32.5 Å². The number of nitrogens with one attached hydrogen (secondary N) is 1. The van der Waals surface area contributed by atoms with Crippen molar-refractivity contribution in [2.24, 2.45) is 5.92 Å². The van der Waals surface area contributed by atoms with Gasteiger partial charge in [-0.25, -0.2) is 18.4 Å². The summed E-state index contributed by atoms with van der Waals surface area (Å²) in [5.74, 6) is -0.827. The summed E-state index contributed by atoms with van der Waals surface area (Å²) in [6.45, 7) is 2.58. The Kier molecular flexibility index (Phi) is 4.41. The number of benzene rings is 1. The fraction of sp³-hybridized carbons (Fsp3) is 0.500. The first kappa shape index (κ1) is 16.0. The first-order chi connectivity index (χ1) is 11.0. The molecule has 0 spiro atoms. The molecule has 2 unspecified atom stereocenters. The van der Waals surface area contributed by atoms with E-state index >= 15 is 0 Å². The van der Waals surface area contributed by atoms with Crippen LogP contribution < -0.4 is 5.32 Å². The number of rotatable bonds is 7. The predicted molar refractivity (Wildman–Crippen MR) is 80.5 cm³/mol. The second-order valence-corrected chi connectivity index (χ2v) is 6.21. The van der Waals surface area contributed by atoms with Crippen LogP contribution in [0.4, 0.5) is 8.78 Å². The van der Waals surface area contributed by atoms with Gasteiger partial charge in [-0.1, -0.05) is 6.07 Å². The fourth-order valence-electron chi connectivity index (χ4n) is 2.69. The molecular weight excluding hydrogens is 302 g/mol. The average molecular weight is 322 g/mol. The van der Waals surface area contributed by atoms with Crippen LogP contribution in [0, 0.1) is 17.6 Å². The van der Waals surface area contributed by atoms with Crippen LogP contribution in [0.15, 0.2) is 30.9 Å². The molecular formula is C16H20F2N4O. The van der Waals surface area contributed by atoms with Gasteiger partial charge in [0.15, 0.2) is 0 Å². The van der Waals surface area contributed by atoms with Gasteiger partial charge in [0, 0.05) is 17.7 Å². The van der Waals surface area contributed by atoms with Crippen LogP contribution in [0.3, 0.4) is 0 Å². The molecule has 0 bridgehead atoms. The summed E-state index contributed by atoms with van der Waals surface area (Å²) in [5.41, 5.74) is -1.52. The third-order valence-electron chi connectivity index (χ3n) is 4.39. The molecule has 0 amide bonds. The molecule has 1 fully saturated rings. The van der Waals surface area contributed by atoms with E-state index in [-0.39, 0.29) is 12.1 Å². The van der Waals surface area contributed by atoms with E-state index in [1.165, 1.54) is 36.2 Å². The largest absolute Gasteiger partial charge is 0.381 e. The monoisotopic (exact) mass is 322 g/mol. The molecule has 1 aromatic carbocycles. The first-order valence-corrected chi connectivity index (χ1v) is 7.73. The molecule has 1 aromatic heterocycles. The van der Waals surface area contributed by atoms with Gasteiger partial charge >= 0.3 is 0 Å². The number of hydrogen-bond donors (Lipinski definition) is 2. The maximum atomic E-state index is 14.3. The quantitative estimate of drug-likeness (QED) is 0.816. The molecule has 0 aliphatic heterocycles. The zero-order valence-electron chi connectivity index (χ0n) is 12.9. The van der Waals surface area contributed by atoms with Crippen molar-refractivity contribution in [2.45, 2.75) is 38.0 Å². The molecule has 5 nitrogen and oxygen atoms in total. The van der Waals surface area contributed by atoms with Gasteiger partial charge in [0.25, 0.3) is 0 Å². The van der Waals surface area contributed by atoms with Crippen molar-refractivity contribution < 1.29 is 13.9 Å². The third kappa shape index (κ3) is 3.56. The summed E-state index contributed by atoms with van der Waals surface area (Å²) >= 11 is 0.